The van der Waals surface area contributed by atoms with Gasteiger partial charge in [-0.1, -0.05) is 24.2 Å². The van der Waals surface area contributed by atoms with Crippen molar-refractivity contribution in [3.63, 3.8) is 0 Å². The molecule has 1 heterocycles. The molecule has 3 aromatic rings. The van der Waals surface area contributed by atoms with E-state index in [-0.39, 0.29) is 12.5 Å². The molecule has 1 atom stereocenters. The predicted molar refractivity (Wildman–Crippen MR) is 113 cm³/mol. The largest absolute Gasteiger partial charge is 0.497 e. The van der Waals surface area contributed by atoms with Gasteiger partial charge in [-0.15, -0.1) is 0 Å². The third kappa shape index (κ3) is 4.97. The number of aromatic nitrogens is 2. The maximum Gasteiger partial charge on any atom is 0.263 e. The molecule has 0 aliphatic carbocycles. The van der Waals surface area contributed by atoms with Crippen LogP contribution in [0.3, 0.4) is 0 Å². The molecule has 0 aliphatic heterocycles. The van der Waals surface area contributed by atoms with Crippen LogP contribution < -0.4 is 9.47 Å². The predicted octanol–water partition coefficient (Wildman–Crippen LogP) is 4.18. The molecule has 0 spiro atoms. The minimum Gasteiger partial charge on any atom is -0.497 e. The zero-order chi connectivity index (χ0) is 21.7. The number of nitrogens with zero attached hydrogens (tertiary/aromatic N) is 3. The quantitative estimate of drug-likeness (QED) is 0.555. The molecule has 7 heteroatoms. The van der Waals surface area contributed by atoms with Gasteiger partial charge in [0.15, 0.2) is 6.10 Å². The summed E-state index contributed by atoms with van der Waals surface area (Å²) in [5.41, 5.74) is 2.89. The van der Waals surface area contributed by atoms with Crippen LogP contribution in [0.15, 0.2) is 47.0 Å². The SMILES string of the molecule is CC[C@H](Oc1cc(C)ccc1C)C(=O)N(C)Cc1nc(-c2ccc(OC)cc2)no1. The number of hydrogen-bond donors (Lipinski definition) is 0. The van der Waals surface area contributed by atoms with E-state index in [4.69, 9.17) is 14.0 Å². The molecular weight excluding hydrogens is 382 g/mol. The summed E-state index contributed by atoms with van der Waals surface area (Å²) in [6.45, 7) is 6.09. The number of amides is 1. The zero-order valence-electron chi connectivity index (χ0n) is 18.0. The van der Waals surface area contributed by atoms with E-state index in [1.807, 2.05) is 63.2 Å². The average molecular weight is 409 g/mol. The summed E-state index contributed by atoms with van der Waals surface area (Å²) in [5.74, 6) is 2.17. The molecule has 1 amide bonds. The van der Waals surface area contributed by atoms with Crippen molar-refractivity contribution in [2.45, 2.75) is 39.8 Å². The van der Waals surface area contributed by atoms with Gasteiger partial charge in [0, 0.05) is 12.6 Å². The number of likely N-dealkylation sites (N-methyl/N-ethyl adjacent to an activating group) is 1. The average Bonchev–Trinajstić information content (AvgIpc) is 3.22. The smallest absolute Gasteiger partial charge is 0.263 e. The van der Waals surface area contributed by atoms with Crippen LogP contribution in [-0.4, -0.2) is 41.2 Å². The lowest BCUT2D eigenvalue weighted by atomic mass is 10.1. The molecule has 0 fully saturated rings. The van der Waals surface area contributed by atoms with Gasteiger partial charge in [-0.3, -0.25) is 4.79 Å². The molecule has 30 heavy (non-hydrogen) atoms. The van der Waals surface area contributed by atoms with Crippen molar-refractivity contribution in [3.8, 4) is 22.9 Å². The fraction of sp³-hybridized carbons (Fsp3) is 0.348. The monoisotopic (exact) mass is 409 g/mol. The van der Waals surface area contributed by atoms with Gasteiger partial charge in [0.25, 0.3) is 5.91 Å². The molecule has 0 saturated carbocycles. The third-order valence-electron chi connectivity index (χ3n) is 4.82. The zero-order valence-corrected chi connectivity index (χ0v) is 18.0. The number of aryl methyl sites for hydroxylation is 2. The molecule has 158 valence electrons. The van der Waals surface area contributed by atoms with E-state index in [1.165, 1.54) is 0 Å². The number of benzene rings is 2. The van der Waals surface area contributed by atoms with Crippen LogP contribution in [0.5, 0.6) is 11.5 Å². The van der Waals surface area contributed by atoms with Gasteiger partial charge in [0.1, 0.15) is 11.5 Å². The van der Waals surface area contributed by atoms with Crippen molar-refractivity contribution in [1.29, 1.82) is 0 Å². The van der Waals surface area contributed by atoms with Crippen molar-refractivity contribution in [2.24, 2.45) is 0 Å². The Morgan fingerprint density at radius 1 is 1.17 bits per heavy atom. The molecule has 0 aliphatic rings. The summed E-state index contributed by atoms with van der Waals surface area (Å²) in [6, 6.07) is 13.3. The van der Waals surface area contributed by atoms with E-state index >= 15 is 0 Å². The summed E-state index contributed by atoms with van der Waals surface area (Å²) < 4.78 is 16.5. The normalized spacial score (nSPS) is 11.8. The van der Waals surface area contributed by atoms with Crippen LogP contribution >= 0.6 is 0 Å². The van der Waals surface area contributed by atoms with E-state index in [2.05, 4.69) is 10.1 Å². The second-order valence-electron chi connectivity index (χ2n) is 7.22. The summed E-state index contributed by atoms with van der Waals surface area (Å²) >= 11 is 0. The van der Waals surface area contributed by atoms with Crippen molar-refractivity contribution in [3.05, 3.63) is 59.5 Å². The molecule has 0 saturated heterocycles. The van der Waals surface area contributed by atoms with Crippen LogP contribution in [0, 0.1) is 13.8 Å². The van der Waals surface area contributed by atoms with E-state index in [0.29, 0.717) is 18.1 Å². The summed E-state index contributed by atoms with van der Waals surface area (Å²) in [4.78, 5) is 18.9. The minimum absolute atomic E-state index is 0.136. The number of methoxy groups -OCH3 is 1. The van der Waals surface area contributed by atoms with E-state index in [0.717, 1.165) is 28.2 Å². The van der Waals surface area contributed by atoms with Gasteiger partial charge in [-0.05, 0) is 61.7 Å². The topological polar surface area (TPSA) is 77.7 Å². The summed E-state index contributed by atoms with van der Waals surface area (Å²) in [7, 11) is 3.32. The fourth-order valence-corrected chi connectivity index (χ4v) is 3.00. The second kappa shape index (κ2) is 9.43. The van der Waals surface area contributed by atoms with Crippen LogP contribution in [0.2, 0.25) is 0 Å². The Balaban J connectivity index is 1.66. The van der Waals surface area contributed by atoms with Gasteiger partial charge in [-0.25, -0.2) is 0 Å². The standard InChI is InChI=1S/C23H27N3O4/c1-6-19(29-20-13-15(2)7-8-16(20)3)23(27)26(4)14-21-24-22(25-30-21)17-9-11-18(28-5)12-10-17/h7-13,19H,6,14H2,1-5H3/t19-/m0/s1. The van der Waals surface area contributed by atoms with E-state index in [1.54, 1.807) is 19.1 Å². The molecule has 1 aromatic heterocycles. The summed E-state index contributed by atoms with van der Waals surface area (Å²) in [5, 5.41) is 4.01. The van der Waals surface area contributed by atoms with Gasteiger partial charge in [0.2, 0.25) is 11.7 Å². The summed E-state index contributed by atoms with van der Waals surface area (Å²) in [6.07, 6.45) is -0.0308. The Morgan fingerprint density at radius 2 is 1.90 bits per heavy atom. The fourth-order valence-electron chi connectivity index (χ4n) is 3.00. The van der Waals surface area contributed by atoms with Crippen molar-refractivity contribution in [2.75, 3.05) is 14.2 Å². The molecular formula is C23H27N3O4. The first-order valence-corrected chi connectivity index (χ1v) is 9.87. The second-order valence-corrected chi connectivity index (χ2v) is 7.22. The van der Waals surface area contributed by atoms with Gasteiger partial charge in [0.05, 0.1) is 13.7 Å². The highest BCUT2D eigenvalue weighted by molar-refractivity contribution is 5.81. The number of carbonyl (C=O) groups is 1. The molecule has 0 radical (unpaired) electrons. The first-order chi connectivity index (χ1) is 14.4. The van der Waals surface area contributed by atoms with Crippen LogP contribution in [-0.2, 0) is 11.3 Å². The van der Waals surface area contributed by atoms with E-state index in [9.17, 15) is 4.79 Å². The van der Waals surface area contributed by atoms with Crippen LogP contribution in [0.4, 0.5) is 0 Å². The molecule has 3 rings (SSSR count). The van der Waals surface area contributed by atoms with Gasteiger partial charge < -0.3 is 18.9 Å². The highest BCUT2D eigenvalue weighted by atomic mass is 16.5. The molecule has 7 nitrogen and oxygen atoms in total. The highest BCUT2D eigenvalue weighted by Crippen LogP contribution is 2.23. The Kier molecular flexibility index (Phi) is 6.72. The molecule has 2 aromatic carbocycles. The molecule has 0 bridgehead atoms. The minimum atomic E-state index is -0.584. The van der Waals surface area contributed by atoms with Crippen molar-refractivity contribution >= 4 is 5.91 Å². The first kappa shape index (κ1) is 21.4. The maximum atomic E-state index is 12.9. The Labute approximate surface area is 176 Å². The number of ether oxygens (including phenoxy) is 2. The first-order valence-electron chi connectivity index (χ1n) is 9.87. The van der Waals surface area contributed by atoms with Gasteiger partial charge in [-0.2, -0.15) is 4.98 Å². The molecule has 0 N–H and O–H groups in total. The van der Waals surface area contributed by atoms with Crippen molar-refractivity contribution in [1.82, 2.24) is 15.0 Å². The number of hydrogen-bond acceptors (Lipinski definition) is 6. The Bertz CT molecular complexity index is 998. The Hall–Kier alpha value is -3.35. The Morgan fingerprint density at radius 3 is 2.57 bits per heavy atom. The van der Waals surface area contributed by atoms with Crippen molar-refractivity contribution < 1.29 is 18.8 Å². The lowest BCUT2D eigenvalue weighted by Crippen LogP contribution is -2.39. The number of carbonyl (C=O) groups excluding carboxylic acids is 1. The van der Waals surface area contributed by atoms with E-state index < -0.39 is 6.10 Å². The lowest BCUT2D eigenvalue weighted by Gasteiger charge is -2.23. The maximum absolute atomic E-state index is 12.9. The lowest BCUT2D eigenvalue weighted by molar-refractivity contribution is -0.138. The highest BCUT2D eigenvalue weighted by Gasteiger charge is 2.24. The third-order valence-corrected chi connectivity index (χ3v) is 4.82. The molecule has 0 unspecified atom stereocenters. The van der Waals surface area contributed by atoms with Gasteiger partial charge >= 0.3 is 0 Å². The van der Waals surface area contributed by atoms with Crippen LogP contribution in [0.25, 0.3) is 11.4 Å². The number of rotatable bonds is 8. The van der Waals surface area contributed by atoms with Crippen LogP contribution in [0.1, 0.15) is 30.4 Å².